The Balaban J connectivity index is 1.75. The van der Waals surface area contributed by atoms with Crippen molar-refractivity contribution < 1.29 is 19.4 Å². The molecule has 0 aliphatic carbocycles. The second kappa shape index (κ2) is 6.86. The van der Waals surface area contributed by atoms with Crippen molar-refractivity contribution in [1.82, 2.24) is 14.9 Å². The second-order valence-corrected chi connectivity index (χ2v) is 5.78. The second-order valence-electron chi connectivity index (χ2n) is 5.78. The van der Waals surface area contributed by atoms with Crippen LogP contribution < -0.4 is 5.32 Å². The number of amides is 1. The zero-order chi connectivity index (χ0) is 17.9. The van der Waals surface area contributed by atoms with Gasteiger partial charge in [0.2, 0.25) is 0 Å². The number of aliphatic carboxylic acids is 1. The third-order valence-corrected chi connectivity index (χ3v) is 4.24. The number of carbonyl (C=O) groups excluding carboxylic acids is 1. The van der Waals surface area contributed by atoms with Crippen LogP contribution in [0, 0.1) is 0 Å². The molecule has 2 heterocycles. The number of nitrogens with zero attached hydrogens (tertiary/aromatic N) is 3. The SMILES string of the molecule is COC1(C(=O)O)CCN(C(=O)c2cccc(Nc3cnccn3)c2)C1. The van der Waals surface area contributed by atoms with Gasteiger partial charge < -0.3 is 20.1 Å². The topological polar surface area (TPSA) is 105 Å². The molecule has 0 spiro atoms. The van der Waals surface area contributed by atoms with Gasteiger partial charge in [-0.15, -0.1) is 0 Å². The van der Waals surface area contributed by atoms with Crippen molar-refractivity contribution in [2.75, 3.05) is 25.5 Å². The van der Waals surface area contributed by atoms with Crippen LogP contribution in [0.3, 0.4) is 0 Å². The van der Waals surface area contributed by atoms with Crippen LogP contribution in [-0.4, -0.2) is 57.7 Å². The van der Waals surface area contributed by atoms with Crippen LogP contribution in [-0.2, 0) is 9.53 Å². The number of ether oxygens (including phenoxy) is 1. The number of carbonyl (C=O) groups is 2. The lowest BCUT2D eigenvalue weighted by Gasteiger charge is -2.23. The fourth-order valence-corrected chi connectivity index (χ4v) is 2.81. The van der Waals surface area contributed by atoms with Crippen LogP contribution in [0.1, 0.15) is 16.8 Å². The van der Waals surface area contributed by atoms with E-state index in [-0.39, 0.29) is 18.9 Å². The lowest BCUT2D eigenvalue weighted by Crippen LogP contribution is -2.44. The van der Waals surface area contributed by atoms with E-state index in [0.29, 0.717) is 23.6 Å². The maximum atomic E-state index is 12.7. The van der Waals surface area contributed by atoms with Crippen molar-refractivity contribution in [3.8, 4) is 0 Å². The highest BCUT2D eigenvalue weighted by molar-refractivity contribution is 5.96. The van der Waals surface area contributed by atoms with E-state index in [9.17, 15) is 14.7 Å². The number of aromatic nitrogens is 2. The number of hydrogen-bond donors (Lipinski definition) is 2. The molecule has 25 heavy (non-hydrogen) atoms. The van der Waals surface area contributed by atoms with Crippen molar-refractivity contribution in [2.24, 2.45) is 0 Å². The van der Waals surface area contributed by atoms with Gasteiger partial charge in [-0.2, -0.15) is 0 Å². The van der Waals surface area contributed by atoms with E-state index < -0.39 is 11.6 Å². The fraction of sp³-hybridized carbons (Fsp3) is 0.294. The largest absolute Gasteiger partial charge is 0.479 e. The van der Waals surface area contributed by atoms with Gasteiger partial charge in [-0.25, -0.2) is 9.78 Å². The Bertz CT molecular complexity index is 783. The molecule has 0 bridgehead atoms. The Kier molecular flexibility index (Phi) is 4.62. The van der Waals surface area contributed by atoms with Crippen molar-refractivity contribution >= 4 is 23.4 Å². The molecule has 0 radical (unpaired) electrons. The summed E-state index contributed by atoms with van der Waals surface area (Å²) < 4.78 is 5.16. The first-order valence-corrected chi connectivity index (χ1v) is 7.75. The minimum atomic E-state index is -1.33. The lowest BCUT2D eigenvalue weighted by molar-refractivity contribution is -0.160. The molecule has 2 aromatic rings. The number of nitrogens with one attached hydrogen (secondary N) is 1. The monoisotopic (exact) mass is 342 g/mol. The van der Waals surface area contributed by atoms with E-state index in [1.165, 1.54) is 12.0 Å². The summed E-state index contributed by atoms with van der Waals surface area (Å²) >= 11 is 0. The predicted octanol–water partition coefficient (Wildman–Crippen LogP) is 1.54. The first-order valence-electron chi connectivity index (χ1n) is 7.75. The van der Waals surface area contributed by atoms with Crippen molar-refractivity contribution in [3.05, 3.63) is 48.4 Å². The number of anilines is 2. The van der Waals surface area contributed by atoms with Gasteiger partial charge in [0.1, 0.15) is 5.82 Å². The normalized spacial score (nSPS) is 19.6. The number of likely N-dealkylation sites (tertiary alicyclic amines) is 1. The molecular weight excluding hydrogens is 324 g/mol. The van der Waals surface area contributed by atoms with E-state index >= 15 is 0 Å². The summed E-state index contributed by atoms with van der Waals surface area (Å²) in [4.78, 5) is 33.7. The molecule has 8 heteroatoms. The Morgan fingerprint density at radius 3 is 2.84 bits per heavy atom. The highest BCUT2D eigenvalue weighted by atomic mass is 16.5. The molecule has 3 rings (SSSR count). The van der Waals surface area contributed by atoms with Gasteiger partial charge in [-0.3, -0.25) is 9.78 Å². The number of carboxylic acid groups (broad SMARTS) is 1. The third-order valence-electron chi connectivity index (χ3n) is 4.24. The van der Waals surface area contributed by atoms with Crippen molar-refractivity contribution in [1.29, 1.82) is 0 Å². The molecule has 1 aromatic heterocycles. The molecule has 1 atom stereocenters. The lowest BCUT2D eigenvalue weighted by atomic mass is 10.0. The Morgan fingerprint density at radius 2 is 2.20 bits per heavy atom. The van der Waals surface area contributed by atoms with E-state index in [1.54, 1.807) is 36.8 Å². The van der Waals surface area contributed by atoms with Crippen LogP contribution in [0.25, 0.3) is 0 Å². The molecule has 0 saturated carbocycles. The summed E-state index contributed by atoms with van der Waals surface area (Å²) in [5.41, 5.74) is -0.168. The van der Waals surface area contributed by atoms with Crippen LogP contribution >= 0.6 is 0 Å². The van der Waals surface area contributed by atoms with Gasteiger partial charge in [-0.1, -0.05) is 6.07 Å². The van der Waals surface area contributed by atoms with Gasteiger partial charge in [0, 0.05) is 43.7 Å². The van der Waals surface area contributed by atoms with Gasteiger partial charge in [0.05, 0.1) is 12.7 Å². The number of benzene rings is 1. The van der Waals surface area contributed by atoms with Crippen LogP contribution in [0.2, 0.25) is 0 Å². The summed E-state index contributed by atoms with van der Waals surface area (Å²) in [6, 6.07) is 6.96. The van der Waals surface area contributed by atoms with E-state index in [1.807, 2.05) is 6.07 Å². The van der Waals surface area contributed by atoms with E-state index in [2.05, 4.69) is 15.3 Å². The van der Waals surface area contributed by atoms with Gasteiger partial charge >= 0.3 is 5.97 Å². The predicted molar refractivity (Wildman–Crippen MR) is 89.7 cm³/mol. The molecule has 130 valence electrons. The maximum absolute atomic E-state index is 12.7. The summed E-state index contributed by atoms with van der Waals surface area (Å²) in [7, 11) is 1.35. The Hall–Kier alpha value is -3.00. The van der Waals surface area contributed by atoms with E-state index in [4.69, 9.17) is 4.74 Å². The number of rotatable bonds is 5. The smallest absolute Gasteiger partial charge is 0.337 e. The first-order chi connectivity index (χ1) is 12.0. The summed E-state index contributed by atoms with van der Waals surface area (Å²) in [5.74, 6) is -0.719. The van der Waals surface area contributed by atoms with Gasteiger partial charge in [-0.05, 0) is 18.2 Å². The van der Waals surface area contributed by atoms with Crippen LogP contribution in [0.15, 0.2) is 42.9 Å². The quantitative estimate of drug-likeness (QED) is 0.849. The standard InChI is InChI=1S/C17H18N4O4/c1-25-17(16(23)24)5-8-21(11-17)15(22)12-3-2-4-13(9-12)20-14-10-18-6-7-19-14/h2-4,6-7,9-10H,5,8,11H2,1H3,(H,19,20)(H,23,24). The average Bonchev–Trinajstić information content (AvgIpc) is 3.08. The number of hydrogen-bond acceptors (Lipinski definition) is 6. The molecule has 2 N–H and O–H groups in total. The zero-order valence-electron chi connectivity index (χ0n) is 13.7. The summed E-state index contributed by atoms with van der Waals surface area (Å²) in [6.45, 7) is 0.361. The minimum Gasteiger partial charge on any atom is -0.479 e. The molecule has 1 fully saturated rings. The molecule has 1 saturated heterocycles. The molecule has 8 nitrogen and oxygen atoms in total. The number of carboxylic acids is 1. The molecule has 1 amide bonds. The van der Waals surface area contributed by atoms with Crippen molar-refractivity contribution in [2.45, 2.75) is 12.0 Å². The van der Waals surface area contributed by atoms with Gasteiger partial charge in [0.15, 0.2) is 5.60 Å². The minimum absolute atomic E-state index is 0.0273. The molecular formula is C17H18N4O4. The highest BCUT2D eigenvalue weighted by Gasteiger charge is 2.46. The zero-order valence-corrected chi connectivity index (χ0v) is 13.7. The maximum Gasteiger partial charge on any atom is 0.337 e. The Labute approximate surface area is 144 Å². The summed E-state index contributed by atoms with van der Waals surface area (Å²) in [6.07, 6.45) is 4.98. The Morgan fingerprint density at radius 1 is 1.36 bits per heavy atom. The molecule has 1 aliphatic heterocycles. The molecule has 1 aliphatic rings. The van der Waals surface area contributed by atoms with Crippen molar-refractivity contribution in [3.63, 3.8) is 0 Å². The highest BCUT2D eigenvalue weighted by Crippen LogP contribution is 2.27. The first kappa shape index (κ1) is 16.8. The van der Waals surface area contributed by atoms with E-state index in [0.717, 1.165) is 0 Å². The third kappa shape index (κ3) is 3.43. The number of methoxy groups -OCH3 is 1. The molecule has 1 unspecified atom stereocenters. The van der Waals surface area contributed by atoms with Gasteiger partial charge in [0.25, 0.3) is 5.91 Å². The molecule has 1 aromatic carbocycles. The summed E-state index contributed by atoms with van der Waals surface area (Å²) in [5, 5.41) is 12.4. The van der Waals surface area contributed by atoms with Crippen LogP contribution in [0.5, 0.6) is 0 Å². The average molecular weight is 342 g/mol. The fourth-order valence-electron chi connectivity index (χ4n) is 2.81. The van der Waals surface area contributed by atoms with Crippen LogP contribution in [0.4, 0.5) is 11.5 Å².